The van der Waals surface area contributed by atoms with Crippen LogP contribution < -0.4 is 4.90 Å². The Labute approximate surface area is 123 Å². The second kappa shape index (κ2) is 5.23. The van der Waals surface area contributed by atoms with Crippen molar-refractivity contribution in [3.63, 3.8) is 0 Å². The largest absolute Gasteiger partial charge is 0.369 e. The van der Waals surface area contributed by atoms with E-state index in [9.17, 15) is 12.8 Å². The van der Waals surface area contributed by atoms with Crippen molar-refractivity contribution in [3.8, 4) is 0 Å². The van der Waals surface area contributed by atoms with Crippen LogP contribution in [0.4, 0.5) is 10.1 Å². The fraction of sp³-hybridized carbons (Fsp3) is 0.571. The second-order valence-corrected chi connectivity index (χ2v) is 7.50. The number of anilines is 1. The highest BCUT2D eigenvalue weighted by Gasteiger charge is 2.40. The zero-order chi connectivity index (χ0) is 15.1. The number of rotatable bonds is 2. The van der Waals surface area contributed by atoms with Crippen LogP contribution in [-0.4, -0.2) is 46.8 Å². The fourth-order valence-electron chi connectivity index (χ4n) is 2.85. The Balaban J connectivity index is 1.76. The van der Waals surface area contributed by atoms with Gasteiger partial charge in [-0.25, -0.2) is 12.8 Å². The Morgan fingerprint density at radius 1 is 1.19 bits per heavy atom. The lowest BCUT2D eigenvalue weighted by atomic mass is 10.0. The minimum atomic E-state index is -3.39. The molecule has 0 unspecified atom stereocenters. The molecule has 0 atom stereocenters. The first-order valence-corrected chi connectivity index (χ1v) is 8.81. The average Bonchev–Trinajstić information content (AvgIpc) is 2.87. The van der Waals surface area contributed by atoms with Crippen LogP contribution in [0.3, 0.4) is 0 Å². The molecule has 5 nitrogen and oxygen atoms in total. The van der Waals surface area contributed by atoms with Crippen LogP contribution in [0.1, 0.15) is 12.8 Å². The van der Waals surface area contributed by atoms with Crippen LogP contribution in [0.5, 0.6) is 0 Å². The summed E-state index contributed by atoms with van der Waals surface area (Å²) in [7, 11) is -3.39. The maximum atomic E-state index is 14.2. The van der Waals surface area contributed by atoms with Crippen LogP contribution in [0, 0.1) is 5.82 Å². The molecule has 7 heteroatoms. The fourth-order valence-corrected chi connectivity index (χ4v) is 3.48. The quantitative estimate of drug-likeness (QED) is 0.829. The zero-order valence-corrected chi connectivity index (χ0v) is 12.7. The smallest absolute Gasteiger partial charge is 0.175 e. The van der Waals surface area contributed by atoms with Crippen molar-refractivity contribution < 1.29 is 22.3 Å². The molecule has 1 aromatic carbocycles. The summed E-state index contributed by atoms with van der Waals surface area (Å²) in [6.07, 6.45) is 2.43. The van der Waals surface area contributed by atoms with Gasteiger partial charge in [0.15, 0.2) is 15.6 Å². The van der Waals surface area contributed by atoms with Gasteiger partial charge in [0.2, 0.25) is 0 Å². The van der Waals surface area contributed by atoms with E-state index in [2.05, 4.69) is 0 Å². The summed E-state index contributed by atoms with van der Waals surface area (Å²) < 4.78 is 48.3. The van der Waals surface area contributed by atoms with Gasteiger partial charge in [0, 0.05) is 32.2 Å². The standard InChI is InChI=1S/C14H18FNO4S/c1-21(17,18)11-2-3-13(12(15)10-11)16-6-4-14(5-7-16)19-8-9-20-14/h2-3,10H,4-9H2,1H3. The lowest BCUT2D eigenvalue weighted by Crippen LogP contribution is -2.45. The topological polar surface area (TPSA) is 55.8 Å². The van der Waals surface area contributed by atoms with E-state index < -0.39 is 21.4 Å². The number of hydrogen-bond acceptors (Lipinski definition) is 5. The summed E-state index contributed by atoms with van der Waals surface area (Å²) in [5, 5.41) is 0. The van der Waals surface area contributed by atoms with Gasteiger partial charge < -0.3 is 14.4 Å². The van der Waals surface area contributed by atoms with E-state index in [1.54, 1.807) is 0 Å². The van der Waals surface area contributed by atoms with Gasteiger partial charge in [0.25, 0.3) is 0 Å². The summed E-state index contributed by atoms with van der Waals surface area (Å²) in [6.45, 7) is 2.46. The molecule has 0 N–H and O–H groups in total. The summed E-state index contributed by atoms with van der Waals surface area (Å²) in [4.78, 5) is 1.90. The highest BCUT2D eigenvalue weighted by atomic mass is 32.2. The molecule has 2 aliphatic heterocycles. The van der Waals surface area contributed by atoms with E-state index in [1.165, 1.54) is 12.1 Å². The van der Waals surface area contributed by atoms with E-state index >= 15 is 0 Å². The van der Waals surface area contributed by atoms with Crippen molar-refractivity contribution >= 4 is 15.5 Å². The van der Waals surface area contributed by atoms with E-state index in [0.29, 0.717) is 44.8 Å². The third kappa shape index (κ3) is 2.90. The summed E-state index contributed by atoms with van der Waals surface area (Å²) in [6, 6.07) is 4.05. The third-order valence-electron chi connectivity index (χ3n) is 4.03. The zero-order valence-electron chi connectivity index (χ0n) is 11.8. The lowest BCUT2D eigenvalue weighted by molar-refractivity contribution is -0.169. The first kappa shape index (κ1) is 14.7. The first-order chi connectivity index (χ1) is 9.90. The highest BCUT2D eigenvalue weighted by molar-refractivity contribution is 7.90. The van der Waals surface area contributed by atoms with Crippen molar-refractivity contribution in [3.05, 3.63) is 24.0 Å². The molecule has 116 valence electrons. The first-order valence-electron chi connectivity index (χ1n) is 6.92. The Morgan fingerprint density at radius 3 is 2.33 bits per heavy atom. The molecule has 21 heavy (non-hydrogen) atoms. The van der Waals surface area contributed by atoms with Crippen molar-refractivity contribution in [1.82, 2.24) is 0 Å². The van der Waals surface area contributed by atoms with Crippen LogP contribution in [0.15, 0.2) is 23.1 Å². The number of sulfone groups is 1. The molecule has 1 aromatic rings. The Kier molecular flexibility index (Phi) is 3.67. The van der Waals surface area contributed by atoms with Crippen LogP contribution in [-0.2, 0) is 19.3 Å². The molecule has 0 amide bonds. The minimum absolute atomic E-state index is 0.000288. The van der Waals surface area contributed by atoms with Crippen molar-refractivity contribution in [1.29, 1.82) is 0 Å². The molecule has 0 bridgehead atoms. The lowest BCUT2D eigenvalue weighted by Gasteiger charge is -2.38. The Morgan fingerprint density at radius 2 is 1.81 bits per heavy atom. The monoisotopic (exact) mass is 315 g/mol. The van der Waals surface area contributed by atoms with Gasteiger partial charge >= 0.3 is 0 Å². The Hall–Kier alpha value is -1.18. The second-order valence-electron chi connectivity index (χ2n) is 5.48. The minimum Gasteiger partial charge on any atom is -0.369 e. The van der Waals surface area contributed by atoms with Crippen molar-refractivity contribution in [2.24, 2.45) is 0 Å². The van der Waals surface area contributed by atoms with E-state index in [1.807, 2.05) is 4.90 Å². The molecule has 3 rings (SSSR count). The van der Waals surface area contributed by atoms with Gasteiger partial charge in [-0.05, 0) is 18.2 Å². The van der Waals surface area contributed by atoms with Gasteiger partial charge in [0.05, 0.1) is 23.8 Å². The van der Waals surface area contributed by atoms with Crippen LogP contribution >= 0.6 is 0 Å². The van der Waals surface area contributed by atoms with E-state index in [4.69, 9.17) is 9.47 Å². The average molecular weight is 315 g/mol. The van der Waals surface area contributed by atoms with Crippen molar-refractivity contribution in [2.75, 3.05) is 37.5 Å². The van der Waals surface area contributed by atoms with Crippen LogP contribution in [0.2, 0.25) is 0 Å². The maximum Gasteiger partial charge on any atom is 0.175 e. The molecular formula is C14H18FNO4S. The molecule has 0 aliphatic carbocycles. The van der Waals surface area contributed by atoms with Gasteiger partial charge in [-0.2, -0.15) is 0 Å². The molecule has 2 saturated heterocycles. The summed E-state index contributed by atoms with van der Waals surface area (Å²) >= 11 is 0. The number of halogens is 1. The molecule has 0 aromatic heterocycles. The maximum absolute atomic E-state index is 14.2. The number of ether oxygens (including phenoxy) is 2. The highest BCUT2D eigenvalue weighted by Crippen LogP contribution is 2.34. The normalized spacial score (nSPS) is 21.9. The molecule has 2 aliphatic rings. The predicted octanol–water partition coefficient (Wildman–Crippen LogP) is 1.57. The molecule has 2 heterocycles. The van der Waals surface area contributed by atoms with Gasteiger partial charge in [-0.3, -0.25) is 0 Å². The third-order valence-corrected chi connectivity index (χ3v) is 5.14. The van der Waals surface area contributed by atoms with Gasteiger partial charge in [0.1, 0.15) is 5.82 Å². The number of benzene rings is 1. The number of nitrogens with zero attached hydrogens (tertiary/aromatic N) is 1. The van der Waals surface area contributed by atoms with Crippen LogP contribution in [0.25, 0.3) is 0 Å². The summed E-state index contributed by atoms with van der Waals surface area (Å²) in [5.41, 5.74) is 0.426. The summed E-state index contributed by atoms with van der Waals surface area (Å²) in [5.74, 6) is -1.01. The van der Waals surface area contributed by atoms with E-state index in [-0.39, 0.29) is 4.90 Å². The molecule has 0 saturated carbocycles. The molecule has 2 fully saturated rings. The number of hydrogen-bond donors (Lipinski definition) is 0. The SMILES string of the molecule is CS(=O)(=O)c1ccc(N2CCC3(CC2)OCCO3)c(F)c1. The molecule has 0 radical (unpaired) electrons. The molecule has 1 spiro atoms. The Bertz CT molecular complexity index is 630. The van der Waals surface area contributed by atoms with Gasteiger partial charge in [-0.15, -0.1) is 0 Å². The number of piperidine rings is 1. The predicted molar refractivity (Wildman–Crippen MR) is 75.6 cm³/mol. The molecular weight excluding hydrogens is 297 g/mol. The van der Waals surface area contributed by atoms with Gasteiger partial charge in [-0.1, -0.05) is 0 Å². The van der Waals surface area contributed by atoms with Crippen molar-refractivity contribution in [2.45, 2.75) is 23.5 Å². The van der Waals surface area contributed by atoms with E-state index in [0.717, 1.165) is 12.3 Å².